The second-order valence-corrected chi connectivity index (χ2v) is 3.33. The van der Waals surface area contributed by atoms with Gasteiger partial charge in [-0.3, -0.25) is 0 Å². The Hall–Kier alpha value is -0.200. The summed E-state index contributed by atoms with van der Waals surface area (Å²) in [6.45, 7) is 1.83. The van der Waals surface area contributed by atoms with Gasteiger partial charge in [-0.15, -0.1) is 0 Å². The SMILES string of the molecule is COC1[C@H](C)OC(O)[C@H](OC)[C@@H]1OC. The van der Waals surface area contributed by atoms with Crippen LogP contribution in [-0.4, -0.2) is 57.1 Å². The Kier molecular flexibility index (Phi) is 4.28. The van der Waals surface area contributed by atoms with Gasteiger partial charge in [-0.1, -0.05) is 0 Å². The molecular weight excluding hydrogens is 188 g/mol. The molecule has 5 heteroatoms. The van der Waals surface area contributed by atoms with Gasteiger partial charge in [-0.25, -0.2) is 0 Å². The first kappa shape index (κ1) is 11.9. The molecule has 1 rings (SSSR count). The van der Waals surface area contributed by atoms with E-state index in [1.54, 1.807) is 14.2 Å². The highest BCUT2D eigenvalue weighted by Crippen LogP contribution is 2.25. The van der Waals surface area contributed by atoms with Crippen molar-refractivity contribution in [2.75, 3.05) is 21.3 Å². The summed E-state index contributed by atoms with van der Waals surface area (Å²) in [5.74, 6) is 0. The van der Waals surface area contributed by atoms with Crippen molar-refractivity contribution >= 4 is 0 Å². The summed E-state index contributed by atoms with van der Waals surface area (Å²) in [7, 11) is 4.65. The fourth-order valence-electron chi connectivity index (χ4n) is 1.84. The van der Waals surface area contributed by atoms with Crippen molar-refractivity contribution in [3.8, 4) is 0 Å². The summed E-state index contributed by atoms with van der Waals surface area (Å²) in [4.78, 5) is 0. The normalized spacial score (nSPS) is 43.9. The van der Waals surface area contributed by atoms with Crippen LogP contribution in [0.3, 0.4) is 0 Å². The van der Waals surface area contributed by atoms with E-state index in [1.165, 1.54) is 7.11 Å². The maximum absolute atomic E-state index is 9.57. The highest BCUT2D eigenvalue weighted by Gasteiger charge is 2.44. The number of rotatable bonds is 3. The summed E-state index contributed by atoms with van der Waals surface area (Å²) in [6.07, 6.45) is -2.24. The van der Waals surface area contributed by atoms with Gasteiger partial charge in [-0.2, -0.15) is 0 Å². The van der Waals surface area contributed by atoms with Gasteiger partial charge in [0.15, 0.2) is 6.29 Å². The number of hydrogen-bond acceptors (Lipinski definition) is 5. The molecule has 1 saturated heterocycles. The molecule has 84 valence electrons. The van der Waals surface area contributed by atoms with Crippen LogP contribution in [0, 0.1) is 0 Å². The quantitative estimate of drug-likeness (QED) is 0.691. The van der Waals surface area contributed by atoms with E-state index in [9.17, 15) is 5.11 Å². The number of aliphatic hydroxyl groups is 1. The molecule has 0 radical (unpaired) electrons. The molecule has 0 amide bonds. The zero-order chi connectivity index (χ0) is 10.7. The smallest absolute Gasteiger partial charge is 0.184 e. The fourth-order valence-corrected chi connectivity index (χ4v) is 1.84. The first-order valence-corrected chi connectivity index (χ1v) is 4.57. The first-order valence-electron chi connectivity index (χ1n) is 4.57. The van der Waals surface area contributed by atoms with Crippen LogP contribution in [0.5, 0.6) is 0 Å². The zero-order valence-corrected chi connectivity index (χ0v) is 8.97. The molecule has 0 aromatic heterocycles. The Morgan fingerprint density at radius 2 is 1.43 bits per heavy atom. The Bertz CT molecular complexity index is 159. The molecule has 1 fully saturated rings. The van der Waals surface area contributed by atoms with E-state index < -0.39 is 12.4 Å². The van der Waals surface area contributed by atoms with Crippen LogP contribution in [0.15, 0.2) is 0 Å². The summed E-state index contributed by atoms with van der Waals surface area (Å²) in [5, 5.41) is 9.57. The molecule has 0 spiro atoms. The van der Waals surface area contributed by atoms with E-state index in [-0.39, 0.29) is 18.3 Å². The number of ether oxygens (including phenoxy) is 4. The minimum atomic E-state index is -0.966. The zero-order valence-electron chi connectivity index (χ0n) is 8.97. The lowest BCUT2D eigenvalue weighted by Crippen LogP contribution is -2.58. The highest BCUT2D eigenvalue weighted by atomic mass is 16.7. The monoisotopic (exact) mass is 206 g/mol. The van der Waals surface area contributed by atoms with Crippen molar-refractivity contribution in [3.05, 3.63) is 0 Å². The van der Waals surface area contributed by atoms with Crippen molar-refractivity contribution in [1.29, 1.82) is 0 Å². The molecule has 2 unspecified atom stereocenters. The summed E-state index contributed by atoms with van der Waals surface area (Å²) >= 11 is 0. The van der Waals surface area contributed by atoms with Gasteiger partial charge < -0.3 is 24.1 Å². The third-order valence-corrected chi connectivity index (χ3v) is 2.56. The van der Waals surface area contributed by atoms with Crippen molar-refractivity contribution in [2.45, 2.75) is 37.6 Å². The summed E-state index contributed by atoms with van der Waals surface area (Å²) in [5.41, 5.74) is 0. The molecule has 14 heavy (non-hydrogen) atoms. The molecule has 1 aliphatic heterocycles. The highest BCUT2D eigenvalue weighted by molar-refractivity contribution is 4.89. The maximum atomic E-state index is 9.57. The van der Waals surface area contributed by atoms with E-state index in [0.29, 0.717) is 0 Å². The van der Waals surface area contributed by atoms with Crippen LogP contribution in [-0.2, 0) is 18.9 Å². The molecule has 0 aromatic carbocycles. The van der Waals surface area contributed by atoms with Gasteiger partial charge in [0.05, 0.1) is 6.10 Å². The second kappa shape index (κ2) is 5.04. The van der Waals surface area contributed by atoms with Gasteiger partial charge >= 0.3 is 0 Å². The molecule has 1 heterocycles. The minimum absolute atomic E-state index is 0.216. The first-order chi connectivity index (χ1) is 6.65. The predicted molar refractivity (Wildman–Crippen MR) is 48.9 cm³/mol. The second-order valence-electron chi connectivity index (χ2n) is 3.33. The molecule has 0 saturated carbocycles. The van der Waals surface area contributed by atoms with Crippen molar-refractivity contribution < 1.29 is 24.1 Å². The van der Waals surface area contributed by atoms with Crippen LogP contribution in [0.4, 0.5) is 0 Å². The van der Waals surface area contributed by atoms with Crippen LogP contribution in [0.2, 0.25) is 0 Å². The molecule has 5 nitrogen and oxygen atoms in total. The lowest BCUT2D eigenvalue weighted by molar-refractivity contribution is -0.291. The van der Waals surface area contributed by atoms with Gasteiger partial charge in [0.2, 0.25) is 0 Å². The van der Waals surface area contributed by atoms with Gasteiger partial charge in [0.1, 0.15) is 18.3 Å². The number of methoxy groups -OCH3 is 3. The average molecular weight is 206 g/mol. The minimum Gasteiger partial charge on any atom is -0.376 e. The molecular formula is C9H18O5. The molecule has 1 aliphatic rings. The van der Waals surface area contributed by atoms with E-state index in [0.717, 1.165) is 0 Å². The molecule has 0 bridgehead atoms. The number of aliphatic hydroxyl groups excluding tert-OH is 1. The Morgan fingerprint density at radius 1 is 0.929 bits per heavy atom. The van der Waals surface area contributed by atoms with Crippen LogP contribution < -0.4 is 0 Å². The Balaban J connectivity index is 2.76. The maximum Gasteiger partial charge on any atom is 0.184 e. The van der Waals surface area contributed by atoms with Crippen molar-refractivity contribution in [1.82, 2.24) is 0 Å². The number of hydrogen-bond donors (Lipinski definition) is 1. The van der Waals surface area contributed by atoms with Crippen LogP contribution in [0.1, 0.15) is 6.92 Å². The fraction of sp³-hybridized carbons (Fsp3) is 1.00. The van der Waals surface area contributed by atoms with Crippen molar-refractivity contribution in [2.24, 2.45) is 0 Å². The van der Waals surface area contributed by atoms with Gasteiger partial charge in [0, 0.05) is 21.3 Å². The third kappa shape index (κ3) is 2.07. The van der Waals surface area contributed by atoms with Crippen molar-refractivity contribution in [3.63, 3.8) is 0 Å². The van der Waals surface area contributed by atoms with Crippen LogP contribution >= 0.6 is 0 Å². The largest absolute Gasteiger partial charge is 0.376 e. The van der Waals surface area contributed by atoms with Gasteiger partial charge in [-0.05, 0) is 6.92 Å². The molecule has 1 N–H and O–H groups in total. The lowest BCUT2D eigenvalue weighted by atomic mass is 9.99. The van der Waals surface area contributed by atoms with E-state index in [1.807, 2.05) is 6.92 Å². The topological polar surface area (TPSA) is 57.2 Å². The lowest BCUT2D eigenvalue weighted by Gasteiger charge is -2.41. The molecule has 0 aromatic rings. The Morgan fingerprint density at radius 3 is 1.86 bits per heavy atom. The standard InChI is InChI=1S/C9H18O5/c1-5-6(11-2)7(12-3)8(13-4)9(10)14-5/h5-10H,1-4H3/t5-,6?,7+,8+,9?/m0/s1. The third-order valence-electron chi connectivity index (χ3n) is 2.56. The molecule has 0 aliphatic carbocycles. The Labute approximate surface area is 83.9 Å². The van der Waals surface area contributed by atoms with Gasteiger partial charge in [0.25, 0.3) is 0 Å². The van der Waals surface area contributed by atoms with E-state index >= 15 is 0 Å². The summed E-state index contributed by atoms with van der Waals surface area (Å²) in [6, 6.07) is 0. The average Bonchev–Trinajstić information content (AvgIpc) is 2.16. The summed E-state index contributed by atoms with van der Waals surface area (Å²) < 4.78 is 20.9. The van der Waals surface area contributed by atoms with E-state index in [2.05, 4.69) is 0 Å². The predicted octanol–water partition coefficient (Wildman–Crippen LogP) is -0.232. The van der Waals surface area contributed by atoms with Crippen LogP contribution in [0.25, 0.3) is 0 Å². The van der Waals surface area contributed by atoms with E-state index in [4.69, 9.17) is 18.9 Å². The molecule has 5 atom stereocenters.